The van der Waals surface area contributed by atoms with Gasteiger partial charge in [0.05, 0.1) is 0 Å². The molecule has 0 aliphatic rings. The molecule has 0 radical (unpaired) electrons. The summed E-state index contributed by atoms with van der Waals surface area (Å²) in [6, 6.07) is 9.19. The van der Waals surface area contributed by atoms with Crippen LogP contribution in [0.2, 0.25) is 0 Å². The van der Waals surface area contributed by atoms with Crippen LogP contribution < -0.4 is 4.74 Å². The number of hydrogen-bond acceptors (Lipinski definition) is 5. The standard InChI is InChI=1S/C14H15N3O2/c1-2-3-4-13-16-14(17-19-13)11-5-7-12(8-6-11)18-10-9-15/h5-8H,2-4,10H2,1H3. The Balaban J connectivity index is 2.05. The average Bonchev–Trinajstić information content (AvgIpc) is 2.92. The van der Waals surface area contributed by atoms with Gasteiger partial charge in [0.2, 0.25) is 11.7 Å². The van der Waals surface area contributed by atoms with E-state index < -0.39 is 0 Å². The first-order valence-electron chi connectivity index (χ1n) is 6.26. The molecule has 0 spiro atoms. The van der Waals surface area contributed by atoms with E-state index in [0.717, 1.165) is 24.8 Å². The van der Waals surface area contributed by atoms with Crippen molar-refractivity contribution in [3.63, 3.8) is 0 Å². The number of hydrogen-bond donors (Lipinski definition) is 0. The highest BCUT2D eigenvalue weighted by atomic mass is 16.5. The van der Waals surface area contributed by atoms with Crippen molar-refractivity contribution in [3.8, 4) is 23.2 Å². The number of ether oxygens (including phenoxy) is 1. The molecule has 2 aromatic rings. The van der Waals surface area contributed by atoms with Crippen molar-refractivity contribution in [3.05, 3.63) is 30.2 Å². The second-order valence-corrected chi connectivity index (χ2v) is 4.09. The number of nitrogens with zero attached hydrogens (tertiary/aromatic N) is 3. The Labute approximate surface area is 111 Å². The van der Waals surface area contributed by atoms with E-state index in [1.54, 1.807) is 12.1 Å². The smallest absolute Gasteiger partial charge is 0.226 e. The van der Waals surface area contributed by atoms with Gasteiger partial charge in [-0.05, 0) is 30.7 Å². The van der Waals surface area contributed by atoms with Crippen molar-refractivity contribution in [2.45, 2.75) is 26.2 Å². The highest BCUT2D eigenvalue weighted by molar-refractivity contribution is 5.55. The molecule has 5 heteroatoms. The van der Waals surface area contributed by atoms with Crippen molar-refractivity contribution >= 4 is 0 Å². The minimum atomic E-state index is 0.0444. The Hall–Kier alpha value is -2.35. The Morgan fingerprint density at radius 3 is 2.79 bits per heavy atom. The molecule has 1 heterocycles. The lowest BCUT2D eigenvalue weighted by Crippen LogP contribution is -1.93. The number of rotatable bonds is 6. The summed E-state index contributed by atoms with van der Waals surface area (Å²) in [5, 5.41) is 12.4. The Kier molecular flexibility index (Phi) is 4.51. The molecular weight excluding hydrogens is 242 g/mol. The fraction of sp³-hybridized carbons (Fsp3) is 0.357. The van der Waals surface area contributed by atoms with Crippen LogP contribution in [0.5, 0.6) is 5.75 Å². The minimum Gasteiger partial charge on any atom is -0.479 e. The molecule has 0 N–H and O–H groups in total. The van der Waals surface area contributed by atoms with E-state index in [9.17, 15) is 0 Å². The molecule has 5 nitrogen and oxygen atoms in total. The summed E-state index contributed by atoms with van der Waals surface area (Å²) in [6.07, 6.45) is 2.96. The SMILES string of the molecule is CCCCc1nc(-c2ccc(OCC#N)cc2)no1. The molecular formula is C14H15N3O2. The maximum absolute atomic E-state index is 8.43. The third-order valence-corrected chi connectivity index (χ3v) is 2.63. The molecule has 19 heavy (non-hydrogen) atoms. The van der Waals surface area contributed by atoms with Crippen LogP contribution in [0.25, 0.3) is 11.4 Å². The van der Waals surface area contributed by atoms with Gasteiger partial charge >= 0.3 is 0 Å². The summed E-state index contributed by atoms with van der Waals surface area (Å²) < 4.78 is 10.4. The average molecular weight is 257 g/mol. The molecule has 1 aromatic carbocycles. The number of benzene rings is 1. The van der Waals surface area contributed by atoms with E-state index in [-0.39, 0.29) is 6.61 Å². The quantitative estimate of drug-likeness (QED) is 0.795. The molecule has 1 aromatic heterocycles. The summed E-state index contributed by atoms with van der Waals surface area (Å²) in [4.78, 5) is 4.34. The number of aromatic nitrogens is 2. The monoisotopic (exact) mass is 257 g/mol. The van der Waals surface area contributed by atoms with Crippen molar-refractivity contribution in [1.82, 2.24) is 10.1 Å². The van der Waals surface area contributed by atoms with E-state index in [1.807, 2.05) is 18.2 Å². The van der Waals surface area contributed by atoms with Gasteiger partial charge in [-0.25, -0.2) is 0 Å². The molecule has 2 rings (SSSR count). The normalized spacial score (nSPS) is 10.1. The lowest BCUT2D eigenvalue weighted by atomic mass is 10.2. The third kappa shape index (κ3) is 3.55. The molecule has 0 aliphatic heterocycles. The Morgan fingerprint density at radius 2 is 2.11 bits per heavy atom. The van der Waals surface area contributed by atoms with Crippen LogP contribution in [0, 0.1) is 11.3 Å². The Morgan fingerprint density at radius 1 is 1.32 bits per heavy atom. The van der Waals surface area contributed by atoms with Crippen LogP contribution in [0.4, 0.5) is 0 Å². The third-order valence-electron chi connectivity index (χ3n) is 2.63. The summed E-state index contributed by atoms with van der Waals surface area (Å²) in [5.74, 6) is 1.90. The van der Waals surface area contributed by atoms with Crippen molar-refractivity contribution in [2.75, 3.05) is 6.61 Å². The number of aryl methyl sites for hydroxylation is 1. The van der Waals surface area contributed by atoms with Crippen molar-refractivity contribution in [2.24, 2.45) is 0 Å². The van der Waals surface area contributed by atoms with E-state index in [4.69, 9.17) is 14.5 Å². The maximum atomic E-state index is 8.43. The van der Waals surface area contributed by atoms with Gasteiger partial charge in [-0.3, -0.25) is 0 Å². The zero-order valence-electron chi connectivity index (χ0n) is 10.8. The number of nitriles is 1. The van der Waals surface area contributed by atoms with Crippen LogP contribution in [-0.2, 0) is 6.42 Å². The zero-order valence-corrected chi connectivity index (χ0v) is 10.8. The highest BCUT2D eigenvalue weighted by Gasteiger charge is 2.08. The lowest BCUT2D eigenvalue weighted by molar-refractivity contribution is 0.368. The second-order valence-electron chi connectivity index (χ2n) is 4.09. The van der Waals surface area contributed by atoms with Gasteiger partial charge in [-0.1, -0.05) is 18.5 Å². The lowest BCUT2D eigenvalue weighted by Gasteiger charge is -2.01. The molecule has 0 fully saturated rings. The van der Waals surface area contributed by atoms with Crippen molar-refractivity contribution < 1.29 is 9.26 Å². The molecule has 0 saturated heterocycles. The topological polar surface area (TPSA) is 71.9 Å². The second kappa shape index (κ2) is 6.55. The fourth-order valence-electron chi connectivity index (χ4n) is 1.62. The molecule has 0 atom stereocenters. The van der Waals surface area contributed by atoms with Gasteiger partial charge in [0.15, 0.2) is 6.61 Å². The molecule has 0 bridgehead atoms. The fourth-order valence-corrected chi connectivity index (χ4v) is 1.62. The molecule has 0 unspecified atom stereocenters. The van der Waals surface area contributed by atoms with E-state index >= 15 is 0 Å². The van der Waals surface area contributed by atoms with Crippen LogP contribution in [-0.4, -0.2) is 16.7 Å². The predicted molar refractivity (Wildman–Crippen MR) is 69.5 cm³/mol. The molecule has 0 saturated carbocycles. The largest absolute Gasteiger partial charge is 0.479 e. The first kappa shape index (κ1) is 13.1. The first-order chi connectivity index (χ1) is 9.33. The maximum Gasteiger partial charge on any atom is 0.226 e. The summed E-state index contributed by atoms with van der Waals surface area (Å²) >= 11 is 0. The van der Waals surface area contributed by atoms with Gasteiger partial charge in [0.25, 0.3) is 0 Å². The Bertz CT molecular complexity index is 555. The van der Waals surface area contributed by atoms with E-state index in [0.29, 0.717) is 17.5 Å². The molecule has 98 valence electrons. The van der Waals surface area contributed by atoms with Crippen LogP contribution in [0.1, 0.15) is 25.7 Å². The summed E-state index contributed by atoms with van der Waals surface area (Å²) in [6.45, 7) is 2.17. The van der Waals surface area contributed by atoms with Gasteiger partial charge < -0.3 is 9.26 Å². The van der Waals surface area contributed by atoms with Gasteiger partial charge in [0.1, 0.15) is 11.8 Å². The van der Waals surface area contributed by atoms with Crippen LogP contribution in [0.15, 0.2) is 28.8 Å². The van der Waals surface area contributed by atoms with Crippen molar-refractivity contribution in [1.29, 1.82) is 5.26 Å². The van der Waals surface area contributed by atoms with E-state index in [2.05, 4.69) is 17.1 Å². The zero-order chi connectivity index (χ0) is 13.5. The van der Waals surface area contributed by atoms with Gasteiger partial charge in [-0.15, -0.1) is 0 Å². The highest BCUT2D eigenvalue weighted by Crippen LogP contribution is 2.20. The first-order valence-corrected chi connectivity index (χ1v) is 6.26. The van der Waals surface area contributed by atoms with Crippen LogP contribution >= 0.6 is 0 Å². The summed E-state index contributed by atoms with van der Waals surface area (Å²) in [7, 11) is 0. The van der Waals surface area contributed by atoms with Gasteiger partial charge in [0, 0.05) is 12.0 Å². The minimum absolute atomic E-state index is 0.0444. The van der Waals surface area contributed by atoms with Crippen LogP contribution in [0.3, 0.4) is 0 Å². The van der Waals surface area contributed by atoms with Gasteiger partial charge in [-0.2, -0.15) is 10.2 Å². The van der Waals surface area contributed by atoms with E-state index in [1.165, 1.54) is 0 Å². The summed E-state index contributed by atoms with van der Waals surface area (Å²) in [5.41, 5.74) is 0.871. The predicted octanol–water partition coefficient (Wildman–Crippen LogP) is 2.98. The number of unbranched alkanes of at least 4 members (excludes halogenated alkanes) is 1. The molecule has 0 aliphatic carbocycles. The molecule has 0 amide bonds.